The van der Waals surface area contributed by atoms with E-state index in [1.807, 2.05) is 11.4 Å². The molecule has 106 valence electrons. The zero-order valence-electron chi connectivity index (χ0n) is 11.5. The summed E-state index contributed by atoms with van der Waals surface area (Å²) in [6.45, 7) is 2.11. The van der Waals surface area contributed by atoms with Gasteiger partial charge in [0.15, 0.2) is 0 Å². The summed E-state index contributed by atoms with van der Waals surface area (Å²) in [6.07, 6.45) is 1.97. The smallest absolute Gasteiger partial charge is 0.335 e. The number of hydrogen-bond acceptors (Lipinski definition) is 4. The van der Waals surface area contributed by atoms with Crippen molar-refractivity contribution >= 4 is 17.3 Å². The van der Waals surface area contributed by atoms with Crippen LogP contribution in [0, 0.1) is 0 Å². The molecular formula is C15H17NO3S. The topological polar surface area (TPSA) is 59.4 Å². The van der Waals surface area contributed by atoms with E-state index in [-0.39, 0.29) is 11.7 Å². The quantitative estimate of drug-likeness (QED) is 0.874. The van der Waals surface area contributed by atoms with Gasteiger partial charge in [0.05, 0.1) is 11.3 Å². The third-order valence-corrected chi connectivity index (χ3v) is 3.97. The molecule has 0 fully saturated rings. The molecule has 20 heavy (non-hydrogen) atoms. The lowest BCUT2D eigenvalue weighted by atomic mass is 10.1. The van der Waals surface area contributed by atoms with Crippen LogP contribution >= 0.6 is 11.3 Å². The molecule has 1 aromatic carbocycles. The lowest BCUT2D eigenvalue weighted by Gasteiger charge is -2.10. The molecule has 0 saturated carbocycles. The van der Waals surface area contributed by atoms with Crippen LogP contribution in [0.3, 0.4) is 0 Å². The fourth-order valence-electron chi connectivity index (χ4n) is 1.98. The molecule has 2 aromatic rings. The van der Waals surface area contributed by atoms with Crippen molar-refractivity contribution < 1.29 is 14.6 Å². The molecule has 0 radical (unpaired) electrons. The Hall–Kier alpha value is -1.72. The lowest BCUT2D eigenvalue weighted by molar-refractivity contribution is 0.0697. The van der Waals surface area contributed by atoms with Crippen molar-refractivity contribution in [1.82, 2.24) is 4.98 Å². The Balaban J connectivity index is 2.28. The summed E-state index contributed by atoms with van der Waals surface area (Å²) in [5.41, 5.74) is 1.89. The fourth-order valence-corrected chi connectivity index (χ4v) is 2.92. The first-order valence-electron chi connectivity index (χ1n) is 6.47. The third-order valence-electron chi connectivity index (χ3n) is 3.04. The molecule has 1 heterocycles. The van der Waals surface area contributed by atoms with E-state index in [0.717, 1.165) is 29.1 Å². The number of aromatic nitrogens is 1. The second-order valence-electron chi connectivity index (χ2n) is 4.47. The molecule has 1 unspecified atom stereocenters. The second kappa shape index (κ2) is 6.63. The van der Waals surface area contributed by atoms with Gasteiger partial charge in [0.1, 0.15) is 11.1 Å². The van der Waals surface area contributed by atoms with Crippen molar-refractivity contribution in [2.75, 3.05) is 7.11 Å². The van der Waals surface area contributed by atoms with Crippen LogP contribution in [0.4, 0.5) is 0 Å². The van der Waals surface area contributed by atoms with E-state index in [2.05, 4.69) is 11.9 Å². The summed E-state index contributed by atoms with van der Waals surface area (Å²) in [7, 11) is 1.69. The molecule has 4 nitrogen and oxygen atoms in total. The first kappa shape index (κ1) is 14.7. The highest BCUT2D eigenvalue weighted by Gasteiger charge is 2.15. The van der Waals surface area contributed by atoms with E-state index in [1.54, 1.807) is 36.6 Å². The van der Waals surface area contributed by atoms with E-state index in [0.29, 0.717) is 0 Å². The number of carboxylic acid groups (broad SMARTS) is 1. The summed E-state index contributed by atoms with van der Waals surface area (Å²) in [5.74, 6) is -0.928. The van der Waals surface area contributed by atoms with Gasteiger partial charge >= 0.3 is 5.97 Å². The summed E-state index contributed by atoms with van der Waals surface area (Å²) in [6, 6.07) is 6.82. The molecule has 0 spiro atoms. The summed E-state index contributed by atoms with van der Waals surface area (Å²) >= 11 is 1.55. The van der Waals surface area contributed by atoms with Crippen LogP contribution in [0.5, 0.6) is 0 Å². The maximum Gasteiger partial charge on any atom is 0.335 e. The number of ether oxygens (including phenoxy) is 1. The summed E-state index contributed by atoms with van der Waals surface area (Å²) in [4.78, 5) is 15.6. The van der Waals surface area contributed by atoms with Crippen molar-refractivity contribution in [3.05, 3.63) is 40.2 Å². The minimum absolute atomic E-state index is 0.0152. The van der Waals surface area contributed by atoms with Crippen LogP contribution in [-0.4, -0.2) is 23.2 Å². The number of nitrogens with zero attached hydrogens (tertiary/aromatic N) is 1. The van der Waals surface area contributed by atoms with Gasteiger partial charge in [0.25, 0.3) is 0 Å². The van der Waals surface area contributed by atoms with Crippen LogP contribution in [0.15, 0.2) is 29.6 Å². The number of benzene rings is 1. The standard InChI is InChI=1S/C15H17NO3S/c1-3-5-13(19-2)14-16-12(9-20-14)10-6-4-7-11(8-10)15(17)18/h4,6-9,13H,3,5H2,1-2H3,(H,17,18). The molecule has 1 aromatic heterocycles. The molecule has 1 N–H and O–H groups in total. The van der Waals surface area contributed by atoms with Crippen molar-refractivity contribution in [3.63, 3.8) is 0 Å². The highest BCUT2D eigenvalue weighted by molar-refractivity contribution is 7.10. The Morgan fingerprint density at radius 2 is 2.30 bits per heavy atom. The van der Waals surface area contributed by atoms with Crippen LogP contribution in [0.1, 0.15) is 41.2 Å². The van der Waals surface area contributed by atoms with E-state index < -0.39 is 5.97 Å². The Bertz CT molecular complexity index is 594. The molecule has 0 aliphatic rings. The van der Waals surface area contributed by atoms with E-state index >= 15 is 0 Å². The maximum absolute atomic E-state index is 11.0. The number of thiazole rings is 1. The average Bonchev–Trinajstić information content (AvgIpc) is 2.94. The van der Waals surface area contributed by atoms with Gasteiger partial charge < -0.3 is 9.84 Å². The molecule has 0 aliphatic heterocycles. The minimum atomic E-state index is -0.928. The Morgan fingerprint density at radius 1 is 1.50 bits per heavy atom. The molecule has 1 atom stereocenters. The fraction of sp³-hybridized carbons (Fsp3) is 0.333. The number of aromatic carboxylic acids is 1. The molecule has 5 heteroatoms. The maximum atomic E-state index is 11.0. The Labute approximate surface area is 122 Å². The molecule has 0 saturated heterocycles. The molecular weight excluding hydrogens is 274 g/mol. The van der Waals surface area contributed by atoms with Crippen molar-refractivity contribution in [3.8, 4) is 11.3 Å². The highest BCUT2D eigenvalue weighted by Crippen LogP contribution is 2.29. The van der Waals surface area contributed by atoms with Crippen LogP contribution in [0.2, 0.25) is 0 Å². The monoisotopic (exact) mass is 291 g/mol. The number of carbonyl (C=O) groups is 1. The summed E-state index contributed by atoms with van der Waals surface area (Å²) < 4.78 is 5.44. The Kier molecular flexibility index (Phi) is 4.87. The molecule has 0 bridgehead atoms. The van der Waals surface area contributed by atoms with Crippen molar-refractivity contribution in [2.24, 2.45) is 0 Å². The SMILES string of the molecule is CCCC(OC)c1nc(-c2cccc(C(=O)O)c2)cs1. The second-order valence-corrected chi connectivity index (χ2v) is 5.36. The molecule has 0 aliphatic carbocycles. The average molecular weight is 291 g/mol. The van der Waals surface area contributed by atoms with Crippen molar-refractivity contribution in [1.29, 1.82) is 0 Å². The van der Waals surface area contributed by atoms with Gasteiger partial charge in [0, 0.05) is 18.1 Å². The van der Waals surface area contributed by atoms with Gasteiger partial charge in [-0.25, -0.2) is 9.78 Å². The van der Waals surface area contributed by atoms with Crippen LogP contribution < -0.4 is 0 Å². The zero-order valence-corrected chi connectivity index (χ0v) is 12.3. The third kappa shape index (κ3) is 3.23. The van der Waals surface area contributed by atoms with E-state index in [4.69, 9.17) is 9.84 Å². The van der Waals surface area contributed by atoms with Gasteiger partial charge in [-0.2, -0.15) is 0 Å². The number of methoxy groups -OCH3 is 1. The highest BCUT2D eigenvalue weighted by atomic mass is 32.1. The normalized spacial score (nSPS) is 12.3. The lowest BCUT2D eigenvalue weighted by Crippen LogP contribution is -2.00. The predicted octanol–water partition coefficient (Wildman–Crippen LogP) is 4.00. The predicted molar refractivity (Wildman–Crippen MR) is 79.2 cm³/mol. The van der Waals surface area contributed by atoms with Crippen LogP contribution in [0.25, 0.3) is 11.3 Å². The molecule has 2 rings (SSSR count). The summed E-state index contributed by atoms with van der Waals surface area (Å²) in [5, 5.41) is 11.9. The van der Waals surface area contributed by atoms with E-state index in [1.165, 1.54) is 0 Å². The first-order valence-corrected chi connectivity index (χ1v) is 7.35. The number of rotatable bonds is 6. The molecule has 0 amide bonds. The number of carboxylic acids is 1. The van der Waals surface area contributed by atoms with Gasteiger partial charge in [0.2, 0.25) is 0 Å². The van der Waals surface area contributed by atoms with E-state index in [9.17, 15) is 4.79 Å². The largest absolute Gasteiger partial charge is 0.478 e. The number of hydrogen-bond donors (Lipinski definition) is 1. The van der Waals surface area contributed by atoms with Gasteiger partial charge in [-0.05, 0) is 18.6 Å². The van der Waals surface area contributed by atoms with Gasteiger partial charge in [-0.15, -0.1) is 11.3 Å². The Morgan fingerprint density at radius 3 is 2.95 bits per heavy atom. The minimum Gasteiger partial charge on any atom is -0.478 e. The van der Waals surface area contributed by atoms with Crippen LogP contribution in [-0.2, 0) is 4.74 Å². The zero-order chi connectivity index (χ0) is 14.5. The van der Waals surface area contributed by atoms with Gasteiger partial charge in [-0.1, -0.05) is 25.5 Å². The van der Waals surface area contributed by atoms with Gasteiger partial charge in [-0.3, -0.25) is 0 Å². The van der Waals surface area contributed by atoms with Crippen molar-refractivity contribution in [2.45, 2.75) is 25.9 Å². The first-order chi connectivity index (χ1) is 9.65.